The van der Waals surface area contributed by atoms with Gasteiger partial charge < -0.3 is 19.6 Å². The number of ether oxygens (including phenoxy) is 1. The first-order valence-electron chi connectivity index (χ1n) is 10.3. The zero-order chi connectivity index (χ0) is 19.5. The van der Waals surface area contributed by atoms with E-state index in [4.69, 9.17) is 4.74 Å². The van der Waals surface area contributed by atoms with E-state index in [1.807, 2.05) is 29.2 Å². The summed E-state index contributed by atoms with van der Waals surface area (Å²) in [4.78, 5) is 31.1. The second kappa shape index (κ2) is 8.59. The molecule has 152 valence electrons. The number of aliphatic hydroxyl groups excluding tert-OH is 1. The molecule has 3 heterocycles. The zero-order valence-corrected chi connectivity index (χ0v) is 16.3. The molecule has 0 saturated carbocycles. The third kappa shape index (κ3) is 4.06. The number of amides is 2. The van der Waals surface area contributed by atoms with Crippen LogP contribution in [-0.2, 0) is 9.53 Å². The Balaban J connectivity index is 1.43. The molecule has 3 aliphatic rings. The first kappa shape index (κ1) is 19.4. The topological polar surface area (TPSA) is 73.3 Å². The molecule has 7 nitrogen and oxygen atoms in total. The fraction of sp³-hybridized carbons (Fsp3) is 0.619. The molecule has 7 heteroatoms. The highest BCUT2D eigenvalue weighted by atomic mass is 16.5. The van der Waals surface area contributed by atoms with Crippen LogP contribution in [0.25, 0.3) is 0 Å². The fourth-order valence-electron chi connectivity index (χ4n) is 4.54. The Bertz CT molecular complexity index is 719. The number of likely N-dealkylation sites (tertiary alicyclic amines) is 1. The van der Waals surface area contributed by atoms with E-state index >= 15 is 0 Å². The second-order valence-electron chi connectivity index (χ2n) is 8.03. The fourth-order valence-corrected chi connectivity index (χ4v) is 4.54. The van der Waals surface area contributed by atoms with Crippen LogP contribution in [0.5, 0.6) is 0 Å². The lowest BCUT2D eigenvalue weighted by Gasteiger charge is -2.30. The van der Waals surface area contributed by atoms with Crippen LogP contribution in [0, 0.1) is 11.8 Å². The van der Waals surface area contributed by atoms with Gasteiger partial charge in [0.2, 0.25) is 5.91 Å². The van der Waals surface area contributed by atoms with Crippen molar-refractivity contribution in [3.63, 3.8) is 0 Å². The summed E-state index contributed by atoms with van der Waals surface area (Å²) < 4.78 is 5.41. The van der Waals surface area contributed by atoms with Gasteiger partial charge in [-0.25, -0.2) is 0 Å². The number of hydrogen-bond donors (Lipinski definition) is 1. The first-order valence-corrected chi connectivity index (χ1v) is 10.3. The van der Waals surface area contributed by atoms with Crippen molar-refractivity contribution in [3.05, 3.63) is 29.8 Å². The molecule has 3 saturated heterocycles. The van der Waals surface area contributed by atoms with Crippen LogP contribution >= 0.6 is 0 Å². The van der Waals surface area contributed by atoms with Gasteiger partial charge in [0.1, 0.15) is 0 Å². The maximum Gasteiger partial charge on any atom is 0.253 e. The predicted molar refractivity (Wildman–Crippen MR) is 105 cm³/mol. The Kier molecular flexibility index (Phi) is 5.94. The lowest BCUT2D eigenvalue weighted by Crippen LogP contribution is -2.41. The number of anilines is 1. The van der Waals surface area contributed by atoms with E-state index in [1.54, 1.807) is 4.90 Å². The van der Waals surface area contributed by atoms with E-state index in [1.165, 1.54) is 0 Å². The van der Waals surface area contributed by atoms with Crippen molar-refractivity contribution >= 4 is 17.5 Å². The standard InChI is InChI=1S/C21H29N3O4/c25-15-18-14-23(13-17(18)12-22-7-9-28-10-8-22)21(27)16-3-1-4-19(11-16)24-6-2-5-20(24)26/h1,3-4,11,17-18,25H,2,5-10,12-15H2/t17-,18-/m1/s1. The van der Waals surface area contributed by atoms with Gasteiger partial charge in [0.25, 0.3) is 5.91 Å². The third-order valence-electron chi connectivity index (χ3n) is 6.17. The highest BCUT2D eigenvalue weighted by Gasteiger charge is 2.36. The van der Waals surface area contributed by atoms with E-state index in [0.29, 0.717) is 31.6 Å². The Labute approximate surface area is 165 Å². The zero-order valence-electron chi connectivity index (χ0n) is 16.3. The van der Waals surface area contributed by atoms with Crippen molar-refractivity contribution < 1.29 is 19.4 Å². The average Bonchev–Trinajstić information content (AvgIpc) is 3.34. The predicted octanol–water partition coefficient (Wildman–Crippen LogP) is 0.826. The average molecular weight is 387 g/mol. The summed E-state index contributed by atoms with van der Waals surface area (Å²) in [6, 6.07) is 7.38. The molecule has 0 aliphatic carbocycles. The molecule has 0 bridgehead atoms. The molecule has 2 atom stereocenters. The number of carbonyl (C=O) groups is 2. The molecule has 0 radical (unpaired) electrons. The molecule has 2 amide bonds. The van der Waals surface area contributed by atoms with Gasteiger partial charge in [-0.05, 0) is 30.5 Å². The molecule has 4 rings (SSSR count). The van der Waals surface area contributed by atoms with E-state index in [-0.39, 0.29) is 30.3 Å². The van der Waals surface area contributed by atoms with E-state index in [9.17, 15) is 14.7 Å². The number of carbonyl (C=O) groups excluding carboxylic acids is 2. The van der Waals surface area contributed by atoms with Crippen LogP contribution in [0.15, 0.2) is 24.3 Å². The van der Waals surface area contributed by atoms with Crippen molar-refractivity contribution in [3.8, 4) is 0 Å². The molecule has 3 aliphatic heterocycles. The second-order valence-corrected chi connectivity index (χ2v) is 8.03. The summed E-state index contributed by atoms with van der Waals surface area (Å²) in [6.45, 7) is 6.27. The van der Waals surface area contributed by atoms with Crippen molar-refractivity contribution in [2.75, 3.05) is 64.0 Å². The van der Waals surface area contributed by atoms with Gasteiger partial charge >= 0.3 is 0 Å². The van der Waals surface area contributed by atoms with Gasteiger partial charge in [0, 0.05) is 69.5 Å². The molecule has 28 heavy (non-hydrogen) atoms. The monoisotopic (exact) mass is 387 g/mol. The smallest absolute Gasteiger partial charge is 0.253 e. The Morgan fingerprint density at radius 1 is 1.14 bits per heavy atom. The third-order valence-corrected chi connectivity index (χ3v) is 6.17. The largest absolute Gasteiger partial charge is 0.396 e. The Hall–Kier alpha value is -1.96. The van der Waals surface area contributed by atoms with Crippen molar-refractivity contribution in [1.29, 1.82) is 0 Å². The number of hydrogen-bond acceptors (Lipinski definition) is 5. The highest BCUT2D eigenvalue weighted by Crippen LogP contribution is 2.28. The van der Waals surface area contributed by atoms with Gasteiger partial charge in [-0.15, -0.1) is 0 Å². The van der Waals surface area contributed by atoms with Gasteiger partial charge in [-0.2, -0.15) is 0 Å². The van der Waals surface area contributed by atoms with Gasteiger partial charge in [-0.3, -0.25) is 14.5 Å². The summed E-state index contributed by atoms with van der Waals surface area (Å²) in [7, 11) is 0. The number of aliphatic hydroxyl groups is 1. The molecule has 3 fully saturated rings. The molecule has 0 aromatic heterocycles. The van der Waals surface area contributed by atoms with E-state index in [0.717, 1.165) is 45.0 Å². The molecule has 0 unspecified atom stereocenters. The maximum atomic E-state index is 13.1. The minimum absolute atomic E-state index is 0.0172. The molecular formula is C21H29N3O4. The Morgan fingerprint density at radius 2 is 1.93 bits per heavy atom. The summed E-state index contributed by atoms with van der Waals surface area (Å²) in [5.74, 6) is 0.485. The van der Waals surface area contributed by atoms with Crippen molar-refractivity contribution in [1.82, 2.24) is 9.80 Å². The van der Waals surface area contributed by atoms with Crippen LogP contribution in [-0.4, -0.2) is 85.8 Å². The van der Waals surface area contributed by atoms with Crippen LogP contribution < -0.4 is 4.90 Å². The number of rotatable bonds is 5. The normalized spacial score (nSPS) is 26.2. The Morgan fingerprint density at radius 3 is 2.64 bits per heavy atom. The van der Waals surface area contributed by atoms with Crippen LogP contribution in [0.2, 0.25) is 0 Å². The lowest BCUT2D eigenvalue weighted by molar-refractivity contribution is -0.117. The number of benzene rings is 1. The lowest BCUT2D eigenvalue weighted by atomic mass is 9.96. The minimum atomic E-state index is -0.0172. The van der Waals surface area contributed by atoms with Crippen LogP contribution in [0.4, 0.5) is 5.69 Å². The van der Waals surface area contributed by atoms with Crippen molar-refractivity contribution in [2.45, 2.75) is 12.8 Å². The number of morpholine rings is 1. The molecule has 0 spiro atoms. The quantitative estimate of drug-likeness (QED) is 0.810. The summed E-state index contributed by atoms with van der Waals surface area (Å²) in [6.07, 6.45) is 1.44. The molecule has 1 N–H and O–H groups in total. The van der Waals surface area contributed by atoms with Crippen LogP contribution in [0.1, 0.15) is 23.2 Å². The van der Waals surface area contributed by atoms with Crippen LogP contribution in [0.3, 0.4) is 0 Å². The van der Waals surface area contributed by atoms with Gasteiger partial charge in [0.15, 0.2) is 0 Å². The maximum absolute atomic E-state index is 13.1. The summed E-state index contributed by atoms with van der Waals surface area (Å²) in [5, 5.41) is 9.83. The highest BCUT2D eigenvalue weighted by molar-refractivity contribution is 5.99. The summed E-state index contributed by atoms with van der Waals surface area (Å²) in [5.41, 5.74) is 1.41. The van der Waals surface area contributed by atoms with Crippen molar-refractivity contribution in [2.24, 2.45) is 11.8 Å². The molecule has 1 aromatic rings. The molecule has 1 aromatic carbocycles. The van der Waals surface area contributed by atoms with E-state index < -0.39 is 0 Å². The van der Waals surface area contributed by atoms with Gasteiger partial charge in [-0.1, -0.05) is 6.07 Å². The molecular weight excluding hydrogens is 358 g/mol. The SMILES string of the molecule is O=C(c1cccc(N2CCCC2=O)c1)N1C[C@@H](CN2CCOCC2)[C@@H](CO)C1. The van der Waals surface area contributed by atoms with Gasteiger partial charge in [0.05, 0.1) is 13.2 Å². The summed E-state index contributed by atoms with van der Waals surface area (Å²) >= 11 is 0. The minimum Gasteiger partial charge on any atom is -0.396 e. The van der Waals surface area contributed by atoms with E-state index in [2.05, 4.69) is 4.90 Å². The first-order chi connectivity index (χ1) is 13.7. The number of nitrogens with zero attached hydrogens (tertiary/aromatic N) is 3.